The summed E-state index contributed by atoms with van der Waals surface area (Å²) in [5.41, 5.74) is 1.82. The van der Waals surface area contributed by atoms with Gasteiger partial charge in [-0.15, -0.1) is 0 Å². The molecule has 0 bridgehead atoms. The van der Waals surface area contributed by atoms with Gasteiger partial charge in [-0.1, -0.05) is 56.7 Å². The second-order valence-corrected chi connectivity index (χ2v) is 5.89. The zero-order valence-corrected chi connectivity index (χ0v) is 12.6. The Morgan fingerprint density at radius 1 is 0.952 bits per heavy atom. The highest BCUT2D eigenvalue weighted by Gasteiger charge is 2.15. The van der Waals surface area contributed by atoms with Crippen molar-refractivity contribution in [1.82, 2.24) is 5.32 Å². The predicted molar refractivity (Wildman–Crippen MR) is 84.4 cm³/mol. The van der Waals surface area contributed by atoms with Gasteiger partial charge in [-0.25, -0.2) is 0 Å². The number of fused-ring (bicyclic) bond motifs is 1. The van der Waals surface area contributed by atoms with E-state index in [-0.39, 0.29) is 11.9 Å². The maximum absolute atomic E-state index is 12.4. The minimum Gasteiger partial charge on any atom is -0.343 e. The molecule has 0 aromatic heterocycles. The molecule has 2 rings (SSSR count). The van der Waals surface area contributed by atoms with Crippen LogP contribution in [0, 0.1) is 0 Å². The molecule has 1 N–H and O–H groups in total. The second-order valence-electron chi connectivity index (χ2n) is 5.89. The molecule has 1 aliphatic heterocycles. The molecule has 0 fully saturated rings. The lowest BCUT2D eigenvalue weighted by Gasteiger charge is -2.15. The molecule has 1 aliphatic rings. The van der Waals surface area contributed by atoms with Crippen molar-refractivity contribution < 1.29 is 9.59 Å². The minimum atomic E-state index is -0.353. The summed E-state index contributed by atoms with van der Waals surface area (Å²) in [6.45, 7) is 0. The van der Waals surface area contributed by atoms with Crippen LogP contribution in [0.1, 0.15) is 67.3 Å². The molecular weight excluding hydrogens is 262 g/mol. The lowest BCUT2D eigenvalue weighted by molar-refractivity contribution is -0.109. The predicted octanol–water partition coefficient (Wildman–Crippen LogP) is 3.66. The van der Waals surface area contributed by atoms with Crippen LogP contribution >= 0.6 is 0 Å². The molecule has 0 unspecified atom stereocenters. The van der Waals surface area contributed by atoms with E-state index in [1.165, 1.54) is 25.7 Å². The van der Waals surface area contributed by atoms with Crippen LogP contribution in [0.2, 0.25) is 0 Å². The summed E-state index contributed by atoms with van der Waals surface area (Å²) < 4.78 is 0. The SMILES string of the molecule is O=C[C@@H]1CCCCCCCCCc2ccccc2C(=O)N1. The molecule has 114 valence electrons. The molecule has 0 aliphatic carbocycles. The Morgan fingerprint density at radius 2 is 1.62 bits per heavy atom. The number of amides is 1. The Balaban J connectivity index is 2.12. The molecule has 21 heavy (non-hydrogen) atoms. The lowest BCUT2D eigenvalue weighted by atomic mass is 9.98. The van der Waals surface area contributed by atoms with E-state index in [4.69, 9.17) is 0 Å². The number of rotatable bonds is 1. The zero-order chi connectivity index (χ0) is 14.9. The first kappa shape index (κ1) is 15.7. The third-order valence-electron chi connectivity index (χ3n) is 4.20. The van der Waals surface area contributed by atoms with Gasteiger partial charge in [0.15, 0.2) is 0 Å². The Kier molecular flexibility index (Phi) is 6.45. The molecule has 1 amide bonds. The topological polar surface area (TPSA) is 46.2 Å². The van der Waals surface area contributed by atoms with Crippen LogP contribution in [0.3, 0.4) is 0 Å². The van der Waals surface area contributed by atoms with Crippen molar-refractivity contribution in [3.05, 3.63) is 35.4 Å². The quantitative estimate of drug-likeness (QED) is 0.801. The van der Waals surface area contributed by atoms with Gasteiger partial charge in [0.25, 0.3) is 5.91 Å². The zero-order valence-electron chi connectivity index (χ0n) is 12.6. The average molecular weight is 287 g/mol. The molecule has 3 heteroatoms. The van der Waals surface area contributed by atoms with Crippen LogP contribution in [0.5, 0.6) is 0 Å². The monoisotopic (exact) mass is 287 g/mol. The number of aryl methyl sites for hydroxylation is 1. The largest absolute Gasteiger partial charge is 0.343 e. The number of carbonyl (C=O) groups excluding carboxylic acids is 2. The number of nitrogens with one attached hydrogen (secondary N) is 1. The number of aldehydes is 1. The first-order valence-electron chi connectivity index (χ1n) is 8.15. The molecule has 0 spiro atoms. The summed E-state index contributed by atoms with van der Waals surface area (Å²) in [6, 6.07) is 7.40. The van der Waals surface area contributed by atoms with Gasteiger partial charge in [-0.3, -0.25) is 4.79 Å². The van der Waals surface area contributed by atoms with Gasteiger partial charge < -0.3 is 10.1 Å². The summed E-state index contributed by atoms with van der Waals surface area (Å²) in [5, 5.41) is 2.87. The minimum absolute atomic E-state index is 0.111. The van der Waals surface area contributed by atoms with Gasteiger partial charge in [0, 0.05) is 5.56 Å². The second kappa shape index (κ2) is 8.60. The van der Waals surface area contributed by atoms with Gasteiger partial charge in [-0.05, 0) is 30.9 Å². The Labute approximate surface area is 127 Å². The Bertz CT molecular complexity index is 470. The van der Waals surface area contributed by atoms with Gasteiger partial charge in [0.1, 0.15) is 6.29 Å². The van der Waals surface area contributed by atoms with E-state index in [1.807, 2.05) is 24.3 Å². The van der Waals surface area contributed by atoms with Crippen LogP contribution in [0.4, 0.5) is 0 Å². The van der Waals surface area contributed by atoms with Crippen molar-refractivity contribution in [2.24, 2.45) is 0 Å². The maximum atomic E-state index is 12.4. The summed E-state index contributed by atoms with van der Waals surface area (Å²) in [4.78, 5) is 23.5. The van der Waals surface area contributed by atoms with Crippen LogP contribution in [-0.4, -0.2) is 18.2 Å². The highest BCUT2D eigenvalue weighted by molar-refractivity contribution is 5.97. The number of hydrogen-bond donors (Lipinski definition) is 1. The number of benzene rings is 1. The van der Waals surface area contributed by atoms with E-state index in [0.717, 1.165) is 49.5 Å². The van der Waals surface area contributed by atoms with E-state index in [9.17, 15) is 9.59 Å². The molecular formula is C18H25NO2. The third-order valence-corrected chi connectivity index (χ3v) is 4.20. The van der Waals surface area contributed by atoms with Crippen LogP contribution in [0.25, 0.3) is 0 Å². The van der Waals surface area contributed by atoms with Crippen molar-refractivity contribution in [1.29, 1.82) is 0 Å². The van der Waals surface area contributed by atoms with Crippen molar-refractivity contribution in [3.63, 3.8) is 0 Å². The molecule has 1 aromatic rings. The summed E-state index contributed by atoms with van der Waals surface area (Å²) in [7, 11) is 0. The van der Waals surface area contributed by atoms with Gasteiger partial charge in [0.2, 0.25) is 0 Å². The third kappa shape index (κ3) is 5.00. The first-order valence-corrected chi connectivity index (χ1v) is 8.15. The lowest BCUT2D eigenvalue weighted by Crippen LogP contribution is -2.36. The molecule has 0 saturated carbocycles. The van der Waals surface area contributed by atoms with Gasteiger partial charge >= 0.3 is 0 Å². The summed E-state index contributed by atoms with van der Waals surface area (Å²) in [5.74, 6) is -0.111. The van der Waals surface area contributed by atoms with E-state index < -0.39 is 0 Å². The highest BCUT2D eigenvalue weighted by atomic mass is 16.2. The van der Waals surface area contributed by atoms with E-state index in [1.54, 1.807) is 0 Å². The van der Waals surface area contributed by atoms with Crippen LogP contribution < -0.4 is 5.32 Å². The molecule has 0 radical (unpaired) electrons. The molecule has 1 heterocycles. The van der Waals surface area contributed by atoms with Crippen LogP contribution in [0.15, 0.2) is 24.3 Å². The normalized spacial score (nSPS) is 21.7. The molecule has 1 aromatic carbocycles. The maximum Gasteiger partial charge on any atom is 0.252 e. The fourth-order valence-electron chi connectivity index (χ4n) is 2.94. The number of carbonyl (C=O) groups is 2. The van der Waals surface area contributed by atoms with Crippen LogP contribution in [-0.2, 0) is 11.2 Å². The fourth-order valence-corrected chi connectivity index (χ4v) is 2.94. The van der Waals surface area contributed by atoms with E-state index >= 15 is 0 Å². The molecule has 3 nitrogen and oxygen atoms in total. The van der Waals surface area contributed by atoms with Crippen molar-refractivity contribution in [2.75, 3.05) is 0 Å². The summed E-state index contributed by atoms with van der Waals surface area (Å²) >= 11 is 0. The van der Waals surface area contributed by atoms with Crippen molar-refractivity contribution >= 4 is 12.2 Å². The fraction of sp³-hybridized carbons (Fsp3) is 0.556. The molecule has 0 saturated heterocycles. The Hall–Kier alpha value is -1.64. The van der Waals surface area contributed by atoms with Crippen molar-refractivity contribution in [2.45, 2.75) is 63.8 Å². The highest BCUT2D eigenvalue weighted by Crippen LogP contribution is 2.16. The van der Waals surface area contributed by atoms with Gasteiger partial charge in [0.05, 0.1) is 6.04 Å². The smallest absolute Gasteiger partial charge is 0.252 e. The standard InChI is InChI=1S/C18H25NO2/c20-14-16-12-7-5-3-1-2-4-6-10-15-11-8-9-13-17(15)18(21)19-16/h8-9,11,13-14,16H,1-7,10,12H2,(H,19,21)/t16-/m0/s1. The molecule has 1 atom stereocenters. The first-order chi connectivity index (χ1) is 10.3. The van der Waals surface area contributed by atoms with Gasteiger partial charge in [-0.2, -0.15) is 0 Å². The Morgan fingerprint density at radius 3 is 2.38 bits per heavy atom. The van der Waals surface area contributed by atoms with E-state index in [0.29, 0.717) is 0 Å². The van der Waals surface area contributed by atoms with E-state index in [2.05, 4.69) is 5.32 Å². The number of hydrogen-bond acceptors (Lipinski definition) is 2. The van der Waals surface area contributed by atoms with Crippen molar-refractivity contribution in [3.8, 4) is 0 Å². The average Bonchev–Trinajstić information content (AvgIpc) is 2.51. The summed E-state index contributed by atoms with van der Waals surface area (Å²) in [6.07, 6.45) is 10.8.